The SMILES string of the molecule is Cc1ccccc1CN(C)C(=O)C(C)NC(=O)/C=C/c1ccccc1. The molecule has 1 atom stereocenters. The summed E-state index contributed by atoms with van der Waals surface area (Å²) in [6.07, 6.45) is 3.17. The van der Waals surface area contributed by atoms with Gasteiger partial charge in [0.25, 0.3) is 0 Å². The van der Waals surface area contributed by atoms with Crippen LogP contribution in [0.4, 0.5) is 0 Å². The van der Waals surface area contributed by atoms with Gasteiger partial charge in [0, 0.05) is 19.7 Å². The van der Waals surface area contributed by atoms with Crippen LogP contribution in [-0.2, 0) is 16.1 Å². The summed E-state index contributed by atoms with van der Waals surface area (Å²) in [6.45, 7) is 4.24. The van der Waals surface area contributed by atoms with Crippen LogP contribution in [-0.4, -0.2) is 29.8 Å². The van der Waals surface area contributed by atoms with E-state index < -0.39 is 6.04 Å². The molecule has 0 bridgehead atoms. The fourth-order valence-electron chi connectivity index (χ4n) is 2.51. The highest BCUT2D eigenvalue weighted by Crippen LogP contribution is 2.10. The van der Waals surface area contributed by atoms with Gasteiger partial charge in [-0.05, 0) is 36.6 Å². The quantitative estimate of drug-likeness (QED) is 0.824. The van der Waals surface area contributed by atoms with Gasteiger partial charge in [-0.15, -0.1) is 0 Å². The van der Waals surface area contributed by atoms with Crippen molar-refractivity contribution in [3.63, 3.8) is 0 Å². The molecule has 0 spiro atoms. The number of likely N-dealkylation sites (N-methyl/N-ethyl adjacent to an activating group) is 1. The minimum Gasteiger partial charge on any atom is -0.341 e. The lowest BCUT2D eigenvalue weighted by Gasteiger charge is -2.22. The molecule has 25 heavy (non-hydrogen) atoms. The van der Waals surface area contributed by atoms with Crippen molar-refractivity contribution in [3.8, 4) is 0 Å². The van der Waals surface area contributed by atoms with Crippen LogP contribution in [0, 0.1) is 6.92 Å². The highest BCUT2D eigenvalue weighted by atomic mass is 16.2. The fraction of sp³-hybridized carbons (Fsp3) is 0.238. The zero-order valence-electron chi connectivity index (χ0n) is 14.9. The Hall–Kier alpha value is -2.88. The van der Waals surface area contributed by atoms with Crippen LogP contribution in [0.15, 0.2) is 60.7 Å². The Morgan fingerprint density at radius 1 is 1.08 bits per heavy atom. The monoisotopic (exact) mass is 336 g/mol. The van der Waals surface area contributed by atoms with E-state index in [0.29, 0.717) is 6.54 Å². The van der Waals surface area contributed by atoms with Gasteiger partial charge in [0.15, 0.2) is 0 Å². The summed E-state index contributed by atoms with van der Waals surface area (Å²) in [4.78, 5) is 26.1. The number of amides is 2. The molecule has 0 fully saturated rings. The second-order valence-corrected chi connectivity index (χ2v) is 6.10. The predicted octanol–water partition coefficient (Wildman–Crippen LogP) is 3.17. The summed E-state index contributed by atoms with van der Waals surface area (Å²) in [5, 5.41) is 2.71. The van der Waals surface area contributed by atoms with E-state index >= 15 is 0 Å². The standard InChI is InChI=1S/C21H24N2O2/c1-16-9-7-8-12-19(16)15-23(3)21(25)17(2)22-20(24)14-13-18-10-5-4-6-11-18/h4-14,17H,15H2,1-3H3,(H,22,24)/b14-13+. The van der Waals surface area contributed by atoms with Crippen molar-refractivity contribution in [2.75, 3.05) is 7.05 Å². The van der Waals surface area contributed by atoms with Crippen molar-refractivity contribution in [2.45, 2.75) is 26.4 Å². The maximum Gasteiger partial charge on any atom is 0.244 e. The molecule has 4 nitrogen and oxygen atoms in total. The molecule has 1 unspecified atom stereocenters. The van der Waals surface area contributed by atoms with E-state index in [1.165, 1.54) is 6.08 Å². The average Bonchev–Trinajstić information content (AvgIpc) is 2.62. The molecule has 2 rings (SSSR count). The smallest absolute Gasteiger partial charge is 0.244 e. The lowest BCUT2D eigenvalue weighted by atomic mass is 10.1. The normalized spacial score (nSPS) is 12.0. The maximum absolute atomic E-state index is 12.5. The summed E-state index contributed by atoms with van der Waals surface area (Å²) >= 11 is 0. The molecule has 130 valence electrons. The van der Waals surface area contributed by atoms with Gasteiger partial charge in [0.1, 0.15) is 6.04 Å². The molecule has 1 N–H and O–H groups in total. The highest BCUT2D eigenvalue weighted by molar-refractivity contribution is 5.95. The van der Waals surface area contributed by atoms with Crippen LogP contribution in [0.1, 0.15) is 23.6 Å². The molecule has 0 aliphatic heterocycles. The van der Waals surface area contributed by atoms with Crippen molar-refractivity contribution < 1.29 is 9.59 Å². The zero-order chi connectivity index (χ0) is 18.2. The summed E-state index contributed by atoms with van der Waals surface area (Å²) in [6, 6.07) is 16.9. The van der Waals surface area contributed by atoms with Crippen molar-refractivity contribution in [3.05, 3.63) is 77.4 Å². The van der Waals surface area contributed by atoms with Gasteiger partial charge >= 0.3 is 0 Å². The van der Waals surface area contributed by atoms with Gasteiger partial charge in [-0.1, -0.05) is 54.6 Å². The molecule has 0 radical (unpaired) electrons. The second kappa shape index (κ2) is 8.83. The molecule has 2 amide bonds. The van der Waals surface area contributed by atoms with Gasteiger partial charge in [-0.3, -0.25) is 9.59 Å². The molecule has 2 aromatic carbocycles. The Kier molecular flexibility index (Phi) is 6.52. The van der Waals surface area contributed by atoms with E-state index in [4.69, 9.17) is 0 Å². The molecule has 0 saturated carbocycles. The van der Waals surface area contributed by atoms with E-state index in [9.17, 15) is 9.59 Å². The molecule has 2 aromatic rings. The Balaban J connectivity index is 1.89. The average molecular weight is 336 g/mol. The van der Waals surface area contributed by atoms with Gasteiger partial charge in [0.2, 0.25) is 11.8 Å². The summed E-state index contributed by atoms with van der Waals surface area (Å²) in [7, 11) is 1.75. The van der Waals surface area contributed by atoms with E-state index in [1.807, 2.05) is 61.5 Å². The van der Waals surface area contributed by atoms with Crippen LogP contribution in [0.2, 0.25) is 0 Å². The summed E-state index contributed by atoms with van der Waals surface area (Å²) in [5.41, 5.74) is 3.18. The van der Waals surface area contributed by atoms with Crippen LogP contribution in [0.25, 0.3) is 6.08 Å². The fourth-order valence-corrected chi connectivity index (χ4v) is 2.51. The van der Waals surface area contributed by atoms with Gasteiger partial charge in [0.05, 0.1) is 0 Å². The third kappa shape index (κ3) is 5.60. The van der Waals surface area contributed by atoms with Crippen molar-refractivity contribution in [2.24, 2.45) is 0 Å². The van der Waals surface area contributed by atoms with Crippen LogP contribution < -0.4 is 5.32 Å². The van der Waals surface area contributed by atoms with E-state index in [1.54, 1.807) is 24.9 Å². The van der Waals surface area contributed by atoms with Crippen molar-refractivity contribution in [1.82, 2.24) is 10.2 Å². The minimum absolute atomic E-state index is 0.121. The molecular formula is C21H24N2O2. The molecule has 0 aliphatic carbocycles. The minimum atomic E-state index is -0.582. The predicted molar refractivity (Wildman–Crippen MR) is 101 cm³/mol. The highest BCUT2D eigenvalue weighted by Gasteiger charge is 2.19. The van der Waals surface area contributed by atoms with E-state index in [2.05, 4.69) is 5.32 Å². The first-order valence-corrected chi connectivity index (χ1v) is 8.30. The van der Waals surface area contributed by atoms with Gasteiger partial charge in [-0.25, -0.2) is 0 Å². The van der Waals surface area contributed by atoms with Gasteiger partial charge in [-0.2, -0.15) is 0 Å². The van der Waals surface area contributed by atoms with Gasteiger partial charge < -0.3 is 10.2 Å². The summed E-state index contributed by atoms with van der Waals surface area (Å²) < 4.78 is 0. The van der Waals surface area contributed by atoms with Crippen molar-refractivity contribution in [1.29, 1.82) is 0 Å². The lowest BCUT2D eigenvalue weighted by Crippen LogP contribution is -2.44. The van der Waals surface area contributed by atoms with E-state index in [0.717, 1.165) is 16.7 Å². The first-order chi connectivity index (χ1) is 12.0. The van der Waals surface area contributed by atoms with Crippen LogP contribution in [0.5, 0.6) is 0 Å². The number of carbonyl (C=O) groups excluding carboxylic acids is 2. The van der Waals surface area contributed by atoms with E-state index in [-0.39, 0.29) is 11.8 Å². The maximum atomic E-state index is 12.5. The summed E-state index contributed by atoms with van der Waals surface area (Å²) in [5.74, 6) is -0.404. The number of nitrogens with one attached hydrogen (secondary N) is 1. The number of hydrogen-bond donors (Lipinski definition) is 1. The second-order valence-electron chi connectivity index (χ2n) is 6.10. The first-order valence-electron chi connectivity index (χ1n) is 8.30. The molecule has 4 heteroatoms. The number of hydrogen-bond acceptors (Lipinski definition) is 2. The molecular weight excluding hydrogens is 312 g/mol. The largest absolute Gasteiger partial charge is 0.341 e. The lowest BCUT2D eigenvalue weighted by molar-refractivity contribution is -0.134. The Morgan fingerprint density at radius 2 is 1.72 bits per heavy atom. The number of aryl methyl sites for hydroxylation is 1. The number of benzene rings is 2. The number of rotatable bonds is 6. The van der Waals surface area contributed by atoms with Crippen LogP contribution >= 0.6 is 0 Å². The Morgan fingerprint density at radius 3 is 2.40 bits per heavy atom. The zero-order valence-corrected chi connectivity index (χ0v) is 14.9. The number of carbonyl (C=O) groups is 2. The molecule has 0 aliphatic rings. The Labute approximate surface area is 149 Å². The molecule has 0 saturated heterocycles. The third-order valence-electron chi connectivity index (χ3n) is 4.00. The number of nitrogens with zero attached hydrogens (tertiary/aromatic N) is 1. The van der Waals surface area contributed by atoms with Crippen LogP contribution in [0.3, 0.4) is 0 Å². The topological polar surface area (TPSA) is 49.4 Å². The first kappa shape index (κ1) is 18.5. The Bertz CT molecular complexity index is 754. The molecule has 0 aromatic heterocycles. The third-order valence-corrected chi connectivity index (χ3v) is 4.00. The van der Waals surface area contributed by atoms with Crippen molar-refractivity contribution >= 4 is 17.9 Å². The molecule has 0 heterocycles.